The summed E-state index contributed by atoms with van der Waals surface area (Å²) in [7, 11) is 0. The van der Waals surface area contributed by atoms with Crippen LogP contribution in [0.4, 0.5) is 4.79 Å². The van der Waals surface area contributed by atoms with Gasteiger partial charge >= 0.3 is 6.09 Å². The molecule has 0 aliphatic carbocycles. The SMILES string of the molecule is C=CCC(C=O)(CNC(=O)O)c1ccc(Cl)c(Cl)c1. The van der Waals surface area contributed by atoms with Crippen LogP contribution < -0.4 is 5.32 Å². The van der Waals surface area contributed by atoms with Crippen LogP contribution in [0.25, 0.3) is 0 Å². The molecular weight excluding hydrogens is 289 g/mol. The second-order valence-electron chi connectivity index (χ2n) is 4.05. The van der Waals surface area contributed by atoms with Gasteiger partial charge in [-0.1, -0.05) is 35.3 Å². The number of amides is 1. The molecular formula is C13H13Cl2NO3. The number of hydrogen-bond donors (Lipinski definition) is 2. The van der Waals surface area contributed by atoms with Gasteiger partial charge < -0.3 is 15.2 Å². The largest absolute Gasteiger partial charge is 0.465 e. The van der Waals surface area contributed by atoms with Crippen molar-refractivity contribution in [3.63, 3.8) is 0 Å². The highest BCUT2D eigenvalue weighted by Gasteiger charge is 2.31. The Morgan fingerprint density at radius 1 is 1.42 bits per heavy atom. The zero-order chi connectivity index (χ0) is 14.5. The van der Waals surface area contributed by atoms with Crippen LogP contribution >= 0.6 is 23.2 Å². The van der Waals surface area contributed by atoms with Crippen molar-refractivity contribution in [3.05, 3.63) is 46.5 Å². The van der Waals surface area contributed by atoms with Gasteiger partial charge in [-0.2, -0.15) is 0 Å². The number of carbonyl (C=O) groups excluding carboxylic acids is 1. The quantitative estimate of drug-likeness (QED) is 0.626. The molecule has 0 aromatic heterocycles. The number of carbonyl (C=O) groups is 2. The van der Waals surface area contributed by atoms with E-state index in [-0.39, 0.29) is 13.0 Å². The predicted molar refractivity (Wildman–Crippen MR) is 75.0 cm³/mol. The minimum absolute atomic E-state index is 0.0597. The standard InChI is InChI=1S/C13H13Cl2NO3/c1-2-5-13(8-17,7-16-12(18)19)9-3-4-10(14)11(15)6-9/h2-4,6,8,16H,1,5,7H2,(H,18,19). The molecule has 1 aromatic rings. The maximum atomic E-state index is 11.5. The van der Waals surface area contributed by atoms with E-state index in [0.717, 1.165) is 0 Å². The average molecular weight is 302 g/mol. The number of carboxylic acid groups (broad SMARTS) is 1. The highest BCUT2D eigenvalue weighted by Crippen LogP contribution is 2.31. The Hall–Kier alpha value is -1.52. The first-order valence-electron chi connectivity index (χ1n) is 5.45. The van der Waals surface area contributed by atoms with Gasteiger partial charge in [-0.3, -0.25) is 0 Å². The molecule has 1 rings (SSSR count). The Balaban J connectivity index is 3.19. The fourth-order valence-electron chi connectivity index (χ4n) is 1.75. The molecule has 0 bridgehead atoms. The predicted octanol–water partition coefficient (Wildman–Crippen LogP) is 3.27. The first-order valence-corrected chi connectivity index (χ1v) is 6.20. The van der Waals surface area contributed by atoms with Crippen molar-refractivity contribution >= 4 is 35.6 Å². The fraction of sp³-hybridized carbons (Fsp3) is 0.231. The second-order valence-corrected chi connectivity index (χ2v) is 4.87. The minimum Gasteiger partial charge on any atom is -0.465 e. The summed E-state index contributed by atoms with van der Waals surface area (Å²) in [6.07, 6.45) is 1.34. The summed E-state index contributed by atoms with van der Waals surface area (Å²) < 4.78 is 0. The molecule has 1 aromatic carbocycles. The lowest BCUT2D eigenvalue weighted by atomic mass is 9.79. The minimum atomic E-state index is -1.20. The van der Waals surface area contributed by atoms with Crippen LogP contribution in [0.3, 0.4) is 0 Å². The van der Waals surface area contributed by atoms with Crippen molar-refractivity contribution in [2.45, 2.75) is 11.8 Å². The molecule has 102 valence electrons. The molecule has 1 atom stereocenters. The van der Waals surface area contributed by atoms with E-state index in [0.29, 0.717) is 21.9 Å². The summed E-state index contributed by atoms with van der Waals surface area (Å²) in [4.78, 5) is 22.1. The number of benzene rings is 1. The number of halogens is 2. The maximum absolute atomic E-state index is 11.5. The zero-order valence-corrected chi connectivity index (χ0v) is 11.5. The van der Waals surface area contributed by atoms with Gasteiger partial charge in [0, 0.05) is 6.54 Å². The first kappa shape index (κ1) is 15.5. The van der Waals surface area contributed by atoms with Gasteiger partial charge in [0.25, 0.3) is 0 Å². The van der Waals surface area contributed by atoms with Gasteiger partial charge in [-0.15, -0.1) is 6.58 Å². The number of hydrogen-bond acceptors (Lipinski definition) is 2. The number of rotatable bonds is 6. The van der Waals surface area contributed by atoms with Crippen molar-refractivity contribution in [1.82, 2.24) is 5.32 Å². The van der Waals surface area contributed by atoms with Crippen molar-refractivity contribution in [2.24, 2.45) is 0 Å². The molecule has 0 aliphatic rings. The van der Waals surface area contributed by atoms with Crippen molar-refractivity contribution in [1.29, 1.82) is 0 Å². The van der Waals surface area contributed by atoms with Gasteiger partial charge in [-0.25, -0.2) is 4.79 Å². The van der Waals surface area contributed by atoms with E-state index in [4.69, 9.17) is 28.3 Å². The summed E-state index contributed by atoms with van der Waals surface area (Å²) in [5.74, 6) is 0. The van der Waals surface area contributed by atoms with E-state index in [2.05, 4.69) is 11.9 Å². The molecule has 0 saturated heterocycles. The molecule has 0 radical (unpaired) electrons. The zero-order valence-electron chi connectivity index (χ0n) is 10.0. The molecule has 0 fully saturated rings. The van der Waals surface area contributed by atoms with Crippen LogP contribution in [0.2, 0.25) is 10.0 Å². The van der Waals surface area contributed by atoms with Crippen LogP contribution in [0, 0.1) is 0 Å². The number of nitrogens with one attached hydrogen (secondary N) is 1. The Morgan fingerprint density at radius 2 is 2.11 bits per heavy atom. The normalized spacial score (nSPS) is 13.4. The molecule has 0 saturated carbocycles. The van der Waals surface area contributed by atoms with Crippen LogP contribution in [0.5, 0.6) is 0 Å². The van der Waals surface area contributed by atoms with Gasteiger partial charge in [0.2, 0.25) is 0 Å². The third-order valence-electron chi connectivity index (χ3n) is 2.78. The lowest BCUT2D eigenvalue weighted by molar-refractivity contribution is -0.112. The van der Waals surface area contributed by atoms with Gasteiger partial charge in [0.15, 0.2) is 0 Å². The summed E-state index contributed by atoms with van der Waals surface area (Å²) in [5, 5.41) is 11.6. The van der Waals surface area contributed by atoms with Crippen LogP contribution in [0.15, 0.2) is 30.9 Å². The number of aldehydes is 1. The summed E-state index contributed by atoms with van der Waals surface area (Å²) in [6, 6.07) is 4.78. The van der Waals surface area contributed by atoms with Gasteiger partial charge in [0.1, 0.15) is 6.29 Å². The molecule has 1 unspecified atom stereocenters. The van der Waals surface area contributed by atoms with Crippen molar-refractivity contribution in [2.75, 3.05) is 6.54 Å². The van der Waals surface area contributed by atoms with E-state index < -0.39 is 11.5 Å². The van der Waals surface area contributed by atoms with Crippen LogP contribution in [-0.4, -0.2) is 24.0 Å². The maximum Gasteiger partial charge on any atom is 0.404 e. The number of allylic oxidation sites excluding steroid dienone is 1. The topological polar surface area (TPSA) is 66.4 Å². The van der Waals surface area contributed by atoms with E-state index in [1.165, 1.54) is 0 Å². The highest BCUT2D eigenvalue weighted by atomic mass is 35.5. The molecule has 0 spiro atoms. The monoisotopic (exact) mass is 301 g/mol. The molecule has 4 nitrogen and oxygen atoms in total. The third kappa shape index (κ3) is 3.72. The Labute approximate surface area is 121 Å². The molecule has 0 heterocycles. The fourth-order valence-corrected chi connectivity index (χ4v) is 2.04. The van der Waals surface area contributed by atoms with Gasteiger partial charge in [-0.05, 0) is 24.1 Å². The van der Waals surface area contributed by atoms with Crippen molar-refractivity contribution in [3.8, 4) is 0 Å². The highest BCUT2D eigenvalue weighted by molar-refractivity contribution is 6.42. The molecule has 19 heavy (non-hydrogen) atoms. The summed E-state index contributed by atoms with van der Waals surface area (Å²) in [5.41, 5.74) is -0.445. The van der Waals surface area contributed by atoms with Crippen LogP contribution in [0.1, 0.15) is 12.0 Å². The van der Waals surface area contributed by atoms with Crippen LogP contribution in [-0.2, 0) is 10.2 Å². The molecule has 6 heteroatoms. The second kappa shape index (κ2) is 6.59. The molecule has 0 aliphatic heterocycles. The summed E-state index contributed by atoms with van der Waals surface area (Å²) >= 11 is 11.8. The Bertz CT molecular complexity index is 505. The van der Waals surface area contributed by atoms with Crippen molar-refractivity contribution < 1.29 is 14.7 Å². The van der Waals surface area contributed by atoms with E-state index >= 15 is 0 Å². The Kier molecular flexibility index (Phi) is 5.39. The van der Waals surface area contributed by atoms with Gasteiger partial charge in [0.05, 0.1) is 15.5 Å². The lowest BCUT2D eigenvalue weighted by Gasteiger charge is -2.27. The van der Waals surface area contributed by atoms with E-state index in [1.54, 1.807) is 24.3 Å². The smallest absolute Gasteiger partial charge is 0.404 e. The summed E-state index contributed by atoms with van der Waals surface area (Å²) in [6.45, 7) is 3.53. The average Bonchev–Trinajstić information content (AvgIpc) is 2.38. The third-order valence-corrected chi connectivity index (χ3v) is 3.52. The Morgan fingerprint density at radius 3 is 2.58 bits per heavy atom. The molecule has 2 N–H and O–H groups in total. The lowest BCUT2D eigenvalue weighted by Crippen LogP contribution is -2.41. The first-order chi connectivity index (χ1) is 8.95. The van der Waals surface area contributed by atoms with E-state index in [9.17, 15) is 9.59 Å². The van der Waals surface area contributed by atoms with E-state index in [1.807, 2.05) is 0 Å². The molecule has 1 amide bonds.